The van der Waals surface area contributed by atoms with Gasteiger partial charge in [0.2, 0.25) is 0 Å². The lowest BCUT2D eigenvalue weighted by molar-refractivity contribution is -0.104. The highest BCUT2D eigenvalue weighted by Gasteiger charge is 1.95. The van der Waals surface area contributed by atoms with Crippen molar-refractivity contribution in [1.82, 2.24) is 0 Å². The molecule has 52 valence electrons. The summed E-state index contributed by atoms with van der Waals surface area (Å²) < 4.78 is 12.4. The SMILES string of the molecule is O=CC1=CC=C(F)CC=C1. The molecule has 0 atom stereocenters. The van der Waals surface area contributed by atoms with Gasteiger partial charge in [0, 0.05) is 12.0 Å². The van der Waals surface area contributed by atoms with Crippen LogP contribution in [0.5, 0.6) is 0 Å². The number of hydrogen-bond donors (Lipinski definition) is 0. The first kappa shape index (κ1) is 6.93. The highest BCUT2D eigenvalue weighted by molar-refractivity contribution is 5.78. The van der Waals surface area contributed by atoms with E-state index in [0.717, 1.165) is 0 Å². The maximum absolute atomic E-state index is 12.4. The minimum Gasteiger partial charge on any atom is -0.298 e. The summed E-state index contributed by atoms with van der Waals surface area (Å²) in [5.74, 6) is -0.215. The number of carbonyl (C=O) groups is 1. The van der Waals surface area contributed by atoms with Crippen molar-refractivity contribution in [2.24, 2.45) is 0 Å². The van der Waals surface area contributed by atoms with E-state index in [9.17, 15) is 9.18 Å². The quantitative estimate of drug-likeness (QED) is 0.506. The number of allylic oxidation sites excluding steroid dienone is 6. The molecule has 0 spiro atoms. The Labute approximate surface area is 58.5 Å². The Kier molecular flexibility index (Phi) is 2.15. The van der Waals surface area contributed by atoms with Crippen molar-refractivity contribution in [1.29, 1.82) is 0 Å². The van der Waals surface area contributed by atoms with Crippen LogP contribution < -0.4 is 0 Å². The fourth-order valence-corrected chi connectivity index (χ4v) is 0.696. The third kappa shape index (κ3) is 1.65. The highest BCUT2D eigenvalue weighted by Crippen LogP contribution is 2.10. The number of hydrogen-bond acceptors (Lipinski definition) is 1. The maximum Gasteiger partial charge on any atom is 0.150 e. The van der Waals surface area contributed by atoms with Crippen molar-refractivity contribution < 1.29 is 9.18 Å². The van der Waals surface area contributed by atoms with Gasteiger partial charge in [-0.25, -0.2) is 4.39 Å². The Morgan fingerprint density at radius 3 is 3.00 bits per heavy atom. The summed E-state index contributed by atoms with van der Waals surface area (Å²) >= 11 is 0. The van der Waals surface area contributed by atoms with Crippen molar-refractivity contribution in [2.75, 3.05) is 0 Å². The maximum atomic E-state index is 12.4. The average Bonchev–Trinajstić information content (AvgIpc) is 2.14. The van der Waals surface area contributed by atoms with Crippen LogP contribution in [0.3, 0.4) is 0 Å². The standard InChI is InChI=1S/C8H7FO/c9-8-3-1-2-7(6-10)4-5-8/h1-2,4-6H,3H2. The molecular weight excluding hydrogens is 131 g/mol. The predicted molar refractivity (Wildman–Crippen MR) is 37.1 cm³/mol. The van der Waals surface area contributed by atoms with Crippen molar-refractivity contribution in [3.63, 3.8) is 0 Å². The largest absolute Gasteiger partial charge is 0.298 e. The topological polar surface area (TPSA) is 17.1 Å². The van der Waals surface area contributed by atoms with Crippen LogP contribution in [0.4, 0.5) is 4.39 Å². The van der Waals surface area contributed by atoms with Gasteiger partial charge in [-0.15, -0.1) is 0 Å². The molecule has 0 aliphatic heterocycles. The van der Waals surface area contributed by atoms with Gasteiger partial charge < -0.3 is 0 Å². The first-order valence-electron chi connectivity index (χ1n) is 3.01. The lowest BCUT2D eigenvalue weighted by atomic mass is 10.3. The van der Waals surface area contributed by atoms with Crippen LogP contribution in [0.2, 0.25) is 0 Å². The molecular formula is C8H7FO. The third-order valence-corrected chi connectivity index (χ3v) is 1.22. The number of aldehydes is 1. The zero-order valence-electron chi connectivity index (χ0n) is 5.38. The zero-order valence-corrected chi connectivity index (χ0v) is 5.38. The molecule has 0 saturated carbocycles. The Balaban J connectivity index is 2.85. The van der Waals surface area contributed by atoms with E-state index < -0.39 is 0 Å². The fraction of sp³-hybridized carbons (Fsp3) is 0.125. The molecule has 0 aromatic rings. The summed E-state index contributed by atoms with van der Waals surface area (Å²) in [7, 11) is 0. The van der Waals surface area contributed by atoms with Crippen LogP contribution in [0.25, 0.3) is 0 Å². The van der Waals surface area contributed by atoms with Gasteiger partial charge in [-0.05, 0) is 12.2 Å². The summed E-state index contributed by atoms with van der Waals surface area (Å²) in [5.41, 5.74) is 0.507. The van der Waals surface area contributed by atoms with Crippen molar-refractivity contribution in [3.8, 4) is 0 Å². The van der Waals surface area contributed by atoms with Gasteiger partial charge in [-0.1, -0.05) is 12.2 Å². The van der Waals surface area contributed by atoms with Gasteiger partial charge >= 0.3 is 0 Å². The summed E-state index contributed by atoms with van der Waals surface area (Å²) in [6.07, 6.45) is 6.99. The van der Waals surface area contributed by atoms with E-state index in [2.05, 4.69) is 0 Å². The molecule has 2 heteroatoms. The van der Waals surface area contributed by atoms with E-state index in [0.29, 0.717) is 11.9 Å². The predicted octanol–water partition coefficient (Wildman–Crippen LogP) is 1.92. The molecule has 0 fully saturated rings. The lowest BCUT2D eigenvalue weighted by Crippen LogP contribution is -1.74. The van der Waals surface area contributed by atoms with Crippen molar-refractivity contribution in [2.45, 2.75) is 6.42 Å². The minimum absolute atomic E-state index is 0.215. The van der Waals surface area contributed by atoms with Crippen LogP contribution in [0.1, 0.15) is 6.42 Å². The van der Waals surface area contributed by atoms with Crippen molar-refractivity contribution in [3.05, 3.63) is 35.7 Å². The van der Waals surface area contributed by atoms with Crippen LogP contribution in [-0.2, 0) is 4.79 Å². The lowest BCUT2D eigenvalue weighted by Gasteiger charge is -1.81. The van der Waals surface area contributed by atoms with E-state index in [1.54, 1.807) is 12.2 Å². The summed E-state index contributed by atoms with van der Waals surface area (Å²) in [5, 5.41) is 0. The van der Waals surface area contributed by atoms with E-state index >= 15 is 0 Å². The van der Waals surface area contributed by atoms with Gasteiger partial charge in [0.15, 0.2) is 0 Å². The molecule has 1 nitrogen and oxygen atoms in total. The second-order valence-corrected chi connectivity index (χ2v) is 2.00. The Bertz CT molecular complexity index is 223. The van der Waals surface area contributed by atoms with E-state index in [1.807, 2.05) is 0 Å². The number of rotatable bonds is 1. The monoisotopic (exact) mass is 138 g/mol. The second kappa shape index (κ2) is 3.11. The molecule has 0 aromatic carbocycles. The van der Waals surface area contributed by atoms with E-state index in [-0.39, 0.29) is 12.2 Å². The molecule has 0 unspecified atom stereocenters. The van der Waals surface area contributed by atoms with E-state index in [4.69, 9.17) is 0 Å². The minimum atomic E-state index is -0.215. The molecule has 0 saturated heterocycles. The molecule has 1 aliphatic rings. The molecule has 0 heterocycles. The Hall–Kier alpha value is -1.18. The Morgan fingerprint density at radius 1 is 1.50 bits per heavy atom. The van der Waals surface area contributed by atoms with Gasteiger partial charge in [-0.2, -0.15) is 0 Å². The van der Waals surface area contributed by atoms with E-state index in [1.165, 1.54) is 12.2 Å². The van der Waals surface area contributed by atoms with Crippen LogP contribution in [-0.4, -0.2) is 6.29 Å². The molecule has 0 aromatic heterocycles. The van der Waals surface area contributed by atoms with Gasteiger partial charge in [-0.3, -0.25) is 4.79 Å². The molecule has 1 rings (SSSR count). The summed E-state index contributed by atoms with van der Waals surface area (Å²) in [4.78, 5) is 10.1. The van der Waals surface area contributed by atoms with Crippen molar-refractivity contribution >= 4 is 6.29 Å². The summed E-state index contributed by atoms with van der Waals surface area (Å²) in [6.45, 7) is 0. The fourth-order valence-electron chi connectivity index (χ4n) is 0.696. The summed E-state index contributed by atoms with van der Waals surface area (Å²) in [6, 6.07) is 0. The molecule has 1 aliphatic carbocycles. The molecule has 0 N–H and O–H groups in total. The molecule has 0 bridgehead atoms. The second-order valence-electron chi connectivity index (χ2n) is 2.00. The normalized spacial score (nSPS) is 17.3. The van der Waals surface area contributed by atoms with Gasteiger partial charge in [0.05, 0.1) is 0 Å². The first-order chi connectivity index (χ1) is 4.83. The highest BCUT2D eigenvalue weighted by atomic mass is 19.1. The molecule has 0 amide bonds. The van der Waals surface area contributed by atoms with Crippen LogP contribution in [0.15, 0.2) is 35.7 Å². The smallest absolute Gasteiger partial charge is 0.150 e. The molecule has 10 heavy (non-hydrogen) atoms. The molecule has 0 radical (unpaired) electrons. The number of halogens is 1. The first-order valence-corrected chi connectivity index (χ1v) is 3.01. The Morgan fingerprint density at radius 2 is 2.30 bits per heavy atom. The van der Waals surface area contributed by atoms with Gasteiger partial charge in [0.1, 0.15) is 12.1 Å². The number of carbonyl (C=O) groups excluding carboxylic acids is 1. The zero-order chi connectivity index (χ0) is 7.40. The van der Waals surface area contributed by atoms with Gasteiger partial charge in [0.25, 0.3) is 0 Å². The average molecular weight is 138 g/mol. The van der Waals surface area contributed by atoms with Crippen LogP contribution >= 0.6 is 0 Å². The third-order valence-electron chi connectivity index (χ3n) is 1.22. The van der Waals surface area contributed by atoms with Crippen LogP contribution in [0, 0.1) is 0 Å².